The number of aryl methyl sites for hydroxylation is 2. The van der Waals surface area contributed by atoms with Crippen molar-refractivity contribution in [3.63, 3.8) is 0 Å². The fourth-order valence-electron chi connectivity index (χ4n) is 4.48. The predicted molar refractivity (Wildman–Crippen MR) is 138 cm³/mol. The van der Waals surface area contributed by atoms with E-state index < -0.39 is 23.5 Å². The Hall–Kier alpha value is -4.04. The van der Waals surface area contributed by atoms with E-state index in [4.69, 9.17) is 4.74 Å². The lowest BCUT2D eigenvalue weighted by molar-refractivity contribution is -0.132. The summed E-state index contributed by atoms with van der Waals surface area (Å²) in [7, 11) is 0. The number of anilines is 1. The summed E-state index contributed by atoms with van der Waals surface area (Å²) in [4.78, 5) is 32.7. The van der Waals surface area contributed by atoms with E-state index in [-0.39, 0.29) is 11.3 Å². The first-order valence-corrected chi connectivity index (χ1v) is 12.3. The molecule has 3 aromatic carbocycles. The fraction of sp³-hybridized carbons (Fsp3) is 0.179. The lowest BCUT2D eigenvalue weighted by atomic mass is 9.95. The van der Waals surface area contributed by atoms with Crippen molar-refractivity contribution in [2.75, 3.05) is 11.5 Å². The molecule has 1 saturated heterocycles. The van der Waals surface area contributed by atoms with Gasteiger partial charge in [0.15, 0.2) is 5.13 Å². The molecule has 0 bridgehead atoms. The molecule has 4 aromatic rings. The summed E-state index contributed by atoms with van der Waals surface area (Å²) in [5.41, 5.74) is 3.52. The highest BCUT2D eigenvalue weighted by atomic mass is 32.1. The Morgan fingerprint density at radius 2 is 1.78 bits per heavy atom. The molecule has 0 unspecified atom stereocenters. The number of carbonyl (C=O) groups excluding carboxylic acids is 2. The lowest BCUT2D eigenvalue weighted by Crippen LogP contribution is -2.29. The highest BCUT2D eigenvalue weighted by Crippen LogP contribution is 2.44. The number of aliphatic hydroxyl groups is 1. The van der Waals surface area contributed by atoms with E-state index in [1.165, 1.54) is 40.5 Å². The predicted octanol–water partition coefficient (Wildman–Crippen LogP) is 6.08. The number of fused-ring (bicyclic) bond motifs is 1. The van der Waals surface area contributed by atoms with Gasteiger partial charge in [-0.05, 0) is 79.9 Å². The van der Waals surface area contributed by atoms with E-state index >= 15 is 0 Å². The van der Waals surface area contributed by atoms with Gasteiger partial charge in [-0.15, -0.1) is 0 Å². The van der Waals surface area contributed by atoms with Gasteiger partial charge in [0.2, 0.25) is 0 Å². The third kappa shape index (κ3) is 4.03. The Labute approximate surface area is 211 Å². The number of carbonyl (C=O) groups is 2. The van der Waals surface area contributed by atoms with Gasteiger partial charge in [0.25, 0.3) is 5.78 Å². The van der Waals surface area contributed by atoms with Crippen molar-refractivity contribution in [2.24, 2.45) is 0 Å². The molecule has 1 aliphatic rings. The summed E-state index contributed by atoms with van der Waals surface area (Å²) in [6.07, 6.45) is 0. The maximum Gasteiger partial charge on any atom is 0.301 e. The Morgan fingerprint density at radius 3 is 2.44 bits per heavy atom. The molecular formula is C28H23FN2O4S. The molecule has 1 atom stereocenters. The van der Waals surface area contributed by atoms with Crippen LogP contribution < -0.4 is 9.64 Å². The Bertz CT molecular complexity index is 1520. The number of hydrogen-bond acceptors (Lipinski definition) is 6. The summed E-state index contributed by atoms with van der Waals surface area (Å²) >= 11 is 1.29. The zero-order valence-corrected chi connectivity index (χ0v) is 20.7. The molecule has 0 saturated carbocycles. The molecule has 0 spiro atoms. The first kappa shape index (κ1) is 23.7. The van der Waals surface area contributed by atoms with E-state index in [0.29, 0.717) is 28.6 Å². The van der Waals surface area contributed by atoms with E-state index in [9.17, 15) is 19.1 Å². The number of ether oxygens (including phenoxy) is 1. The number of aromatic nitrogens is 1. The molecule has 1 N–H and O–H groups in total. The Balaban J connectivity index is 1.69. The molecule has 1 aromatic heterocycles. The molecule has 182 valence electrons. The van der Waals surface area contributed by atoms with Gasteiger partial charge >= 0.3 is 5.91 Å². The van der Waals surface area contributed by atoms with Crippen molar-refractivity contribution in [3.8, 4) is 5.75 Å². The highest BCUT2D eigenvalue weighted by Gasteiger charge is 2.48. The van der Waals surface area contributed by atoms with Gasteiger partial charge in [0, 0.05) is 5.56 Å². The Morgan fingerprint density at radius 1 is 1.08 bits per heavy atom. The van der Waals surface area contributed by atoms with Crippen LogP contribution in [0.5, 0.6) is 5.75 Å². The van der Waals surface area contributed by atoms with Crippen LogP contribution >= 0.6 is 11.3 Å². The van der Waals surface area contributed by atoms with Crippen LogP contribution in [-0.4, -0.2) is 28.4 Å². The van der Waals surface area contributed by atoms with Crippen LogP contribution in [0.15, 0.2) is 66.2 Å². The van der Waals surface area contributed by atoms with Gasteiger partial charge in [-0.25, -0.2) is 9.37 Å². The summed E-state index contributed by atoms with van der Waals surface area (Å²) in [5.74, 6) is -1.78. The molecular weight excluding hydrogens is 479 g/mol. The fourth-order valence-corrected chi connectivity index (χ4v) is 5.65. The number of benzene rings is 3. The average Bonchev–Trinajstić information content (AvgIpc) is 3.38. The van der Waals surface area contributed by atoms with Crippen molar-refractivity contribution >= 4 is 44.1 Å². The number of ketones is 1. The third-order valence-corrected chi connectivity index (χ3v) is 7.10. The second-order valence-corrected chi connectivity index (χ2v) is 9.61. The van der Waals surface area contributed by atoms with Crippen molar-refractivity contribution < 1.29 is 23.8 Å². The van der Waals surface area contributed by atoms with Gasteiger partial charge in [0.1, 0.15) is 17.3 Å². The van der Waals surface area contributed by atoms with Gasteiger partial charge in [-0.3, -0.25) is 14.5 Å². The molecule has 1 fully saturated rings. The minimum absolute atomic E-state index is 0.0806. The standard InChI is InChI=1S/C28H23FN2O4S/c1-4-35-20-11-7-18(8-12-20)25(32)22-24(17-5-9-19(29)10-6-17)31(27(34)26(22)33)28-30-23-16(3)13-15(2)14-21(23)36-28/h5-14,24,32H,4H2,1-3H3/t24-/m0/s1. The minimum Gasteiger partial charge on any atom is -0.507 e. The van der Waals surface area contributed by atoms with Crippen LogP contribution in [0.3, 0.4) is 0 Å². The van der Waals surface area contributed by atoms with Crippen molar-refractivity contribution in [3.05, 3.63) is 94.3 Å². The third-order valence-electron chi connectivity index (χ3n) is 6.09. The van der Waals surface area contributed by atoms with Crippen molar-refractivity contribution in [1.29, 1.82) is 0 Å². The zero-order chi connectivity index (χ0) is 25.6. The maximum absolute atomic E-state index is 13.8. The molecule has 1 amide bonds. The molecule has 0 aliphatic carbocycles. The largest absolute Gasteiger partial charge is 0.507 e. The molecule has 6 nitrogen and oxygen atoms in total. The summed E-state index contributed by atoms with van der Waals surface area (Å²) in [5, 5.41) is 11.6. The highest BCUT2D eigenvalue weighted by molar-refractivity contribution is 7.22. The number of amides is 1. The van der Waals surface area contributed by atoms with Gasteiger partial charge in [-0.2, -0.15) is 0 Å². The summed E-state index contributed by atoms with van der Waals surface area (Å²) < 4.78 is 20.1. The van der Waals surface area contributed by atoms with Crippen LogP contribution in [0.1, 0.15) is 35.2 Å². The van der Waals surface area contributed by atoms with Crippen LogP contribution in [-0.2, 0) is 9.59 Å². The number of halogens is 1. The first-order valence-electron chi connectivity index (χ1n) is 11.5. The van der Waals surface area contributed by atoms with Crippen LogP contribution in [0, 0.1) is 19.7 Å². The molecule has 36 heavy (non-hydrogen) atoms. The smallest absolute Gasteiger partial charge is 0.301 e. The summed E-state index contributed by atoms with van der Waals surface area (Å²) in [6, 6.07) is 15.2. The monoisotopic (exact) mass is 502 g/mol. The lowest BCUT2D eigenvalue weighted by Gasteiger charge is -2.23. The van der Waals surface area contributed by atoms with Crippen LogP contribution in [0.4, 0.5) is 9.52 Å². The second kappa shape index (κ2) is 9.20. The van der Waals surface area contributed by atoms with Crippen LogP contribution in [0.2, 0.25) is 0 Å². The summed E-state index contributed by atoms with van der Waals surface area (Å²) in [6.45, 7) is 6.27. The SMILES string of the molecule is CCOc1ccc(C(O)=C2C(=O)C(=O)N(c3nc4c(C)cc(C)cc4s3)[C@H]2c2ccc(F)cc2)cc1. The van der Waals surface area contributed by atoms with Gasteiger partial charge in [0.05, 0.1) is 28.4 Å². The van der Waals surface area contributed by atoms with Gasteiger partial charge in [-0.1, -0.05) is 29.5 Å². The molecule has 8 heteroatoms. The molecule has 1 aliphatic heterocycles. The van der Waals surface area contributed by atoms with E-state index in [1.807, 2.05) is 32.9 Å². The van der Waals surface area contributed by atoms with Crippen molar-refractivity contribution in [1.82, 2.24) is 4.98 Å². The number of thiazole rings is 1. The average molecular weight is 503 g/mol. The van der Waals surface area contributed by atoms with E-state index in [2.05, 4.69) is 4.98 Å². The van der Waals surface area contributed by atoms with Crippen LogP contribution in [0.25, 0.3) is 16.0 Å². The number of Topliss-reactive ketones (excluding diaryl/α,β-unsaturated/α-hetero) is 1. The second-order valence-electron chi connectivity index (χ2n) is 8.60. The first-order chi connectivity index (χ1) is 17.3. The maximum atomic E-state index is 13.8. The zero-order valence-electron chi connectivity index (χ0n) is 19.9. The molecule has 0 radical (unpaired) electrons. The topological polar surface area (TPSA) is 79.7 Å². The number of aliphatic hydroxyl groups excluding tert-OH is 1. The minimum atomic E-state index is -0.973. The number of nitrogens with zero attached hydrogens (tertiary/aromatic N) is 2. The van der Waals surface area contributed by atoms with E-state index in [0.717, 1.165) is 21.3 Å². The molecule has 5 rings (SSSR count). The Kier molecular flexibility index (Phi) is 6.05. The van der Waals surface area contributed by atoms with Gasteiger partial charge < -0.3 is 9.84 Å². The quantitative estimate of drug-likeness (QED) is 0.203. The van der Waals surface area contributed by atoms with E-state index in [1.54, 1.807) is 24.3 Å². The number of hydrogen-bond donors (Lipinski definition) is 1. The van der Waals surface area contributed by atoms with Crippen molar-refractivity contribution in [2.45, 2.75) is 26.8 Å². The normalized spacial score (nSPS) is 17.2. The molecule has 2 heterocycles. The number of rotatable bonds is 5.